The Balaban J connectivity index is 2.51. The summed E-state index contributed by atoms with van der Waals surface area (Å²) in [6.07, 6.45) is 4.56. The maximum Gasteiger partial charge on any atom is 0.195 e. The van der Waals surface area contributed by atoms with Crippen LogP contribution in [0.25, 0.3) is 0 Å². The summed E-state index contributed by atoms with van der Waals surface area (Å²) in [4.78, 5) is 4.24. The van der Waals surface area contributed by atoms with Crippen molar-refractivity contribution in [1.29, 1.82) is 0 Å². The zero-order chi connectivity index (χ0) is 8.10. The lowest BCUT2D eigenvalue weighted by Crippen LogP contribution is -2.02. The second-order valence-corrected chi connectivity index (χ2v) is 2.52. The van der Waals surface area contributed by atoms with E-state index in [0.717, 1.165) is 30.8 Å². The predicted octanol–water partition coefficient (Wildman–Crippen LogP) is 1.13. The highest BCUT2D eigenvalue weighted by Crippen LogP contribution is 2.04. The maximum absolute atomic E-state index is 5.34. The van der Waals surface area contributed by atoms with Gasteiger partial charge in [-0.3, -0.25) is 0 Å². The summed E-state index contributed by atoms with van der Waals surface area (Å²) < 4.78 is 5.17. The minimum absolute atomic E-state index is 0.603. The van der Waals surface area contributed by atoms with E-state index in [9.17, 15) is 0 Å². The lowest BCUT2D eigenvalue weighted by molar-refractivity contribution is 0.495. The van der Waals surface area contributed by atoms with E-state index in [4.69, 9.17) is 10.2 Å². The van der Waals surface area contributed by atoms with Crippen LogP contribution >= 0.6 is 0 Å². The van der Waals surface area contributed by atoms with Crippen LogP contribution in [0.3, 0.4) is 0 Å². The Morgan fingerprint density at radius 3 is 3.00 bits per heavy atom. The van der Waals surface area contributed by atoms with E-state index in [1.165, 1.54) is 0 Å². The smallest absolute Gasteiger partial charge is 0.195 e. The monoisotopic (exact) mass is 154 g/mol. The van der Waals surface area contributed by atoms with Crippen LogP contribution < -0.4 is 5.73 Å². The van der Waals surface area contributed by atoms with Crippen molar-refractivity contribution in [3.63, 3.8) is 0 Å². The van der Waals surface area contributed by atoms with Gasteiger partial charge in [0.25, 0.3) is 0 Å². The lowest BCUT2D eigenvalue weighted by Gasteiger charge is -1.87. The molecule has 0 unspecified atom stereocenters. The molecule has 11 heavy (non-hydrogen) atoms. The Labute approximate surface area is 66.6 Å². The van der Waals surface area contributed by atoms with Gasteiger partial charge < -0.3 is 10.2 Å². The van der Waals surface area contributed by atoms with E-state index in [2.05, 4.69) is 11.9 Å². The number of rotatable bonds is 4. The molecule has 2 N–H and O–H groups in total. The normalized spacial score (nSPS) is 10.4. The van der Waals surface area contributed by atoms with Crippen LogP contribution in [0.15, 0.2) is 10.7 Å². The van der Waals surface area contributed by atoms with Gasteiger partial charge in [0.15, 0.2) is 5.89 Å². The maximum atomic E-state index is 5.34. The highest BCUT2D eigenvalue weighted by molar-refractivity contribution is 4.96. The van der Waals surface area contributed by atoms with Crippen molar-refractivity contribution in [1.82, 2.24) is 4.98 Å². The molecule has 0 aliphatic heterocycles. The van der Waals surface area contributed by atoms with Gasteiger partial charge in [-0.15, -0.1) is 0 Å². The van der Waals surface area contributed by atoms with E-state index in [0.29, 0.717) is 6.54 Å². The quantitative estimate of drug-likeness (QED) is 0.707. The number of hydrogen-bond acceptors (Lipinski definition) is 3. The molecule has 3 nitrogen and oxygen atoms in total. The van der Waals surface area contributed by atoms with Gasteiger partial charge >= 0.3 is 0 Å². The van der Waals surface area contributed by atoms with E-state index >= 15 is 0 Å². The van der Waals surface area contributed by atoms with Crippen LogP contribution in [0.2, 0.25) is 0 Å². The summed E-state index contributed by atoms with van der Waals surface area (Å²) in [5.74, 6) is 0.760. The molecule has 3 heteroatoms. The molecule has 0 saturated heterocycles. The van der Waals surface area contributed by atoms with Crippen molar-refractivity contribution in [3.8, 4) is 0 Å². The molecule has 0 aliphatic carbocycles. The zero-order valence-electron chi connectivity index (χ0n) is 6.84. The molecule has 0 fully saturated rings. The van der Waals surface area contributed by atoms with E-state index in [-0.39, 0.29) is 0 Å². The summed E-state index contributed by atoms with van der Waals surface area (Å²) in [7, 11) is 0. The van der Waals surface area contributed by atoms with Gasteiger partial charge in [0, 0.05) is 13.0 Å². The van der Waals surface area contributed by atoms with Crippen LogP contribution in [0, 0.1) is 0 Å². The molecule has 0 spiro atoms. The molecule has 0 radical (unpaired) electrons. The molecular weight excluding hydrogens is 140 g/mol. The highest BCUT2D eigenvalue weighted by Gasteiger charge is 2.00. The Kier molecular flexibility index (Phi) is 3.11. The van der Waals surface area contributed by atoms with Gasteiger partial charge in [-0.25, -0.2) is 4.98 Å². The topological polar surface area (TPSA) is 52.0 Å². The Morgan fingerprint density at radius 1 is 1.55 bits per heavy atom. The summed E-state index contributed by atoms with van der Waals surface area (Å²) in [6.45, 7) is 2.73. The summed E-state index contributed by atoms with van der Waals surface area (Å²) in [5.41, 5.74) is 6.38. The second-order valence-electron chi connectivity index (χ2n) is 2.52. The van der Waals surface area contributed by atoms with Gasteiger partial charge in [-0.1, -0.05) is 13.3 Å². The van der Waals surface area contributed by atoms with E-state index in [1.54, 1.807) is 6.26 Å². The van der Waals surface area contributed by atoms with Crippen molar-refractivity contribution >= 4 is 0 Å². The number of nitrogens with two attached hydrogens (primary N) is 1. The first-order valence-corrected chi connectivity index (χ1v) is 4.00. The van der Waals surface area contributed by atoms with Crippen LogP contribution in [0.1, 0.15) is 24.9 Å². The fraction of sp³-hybridized carbons (Fsp3) is 0.625. The number of hydrogen-bond donors (Lipinski definition) is 1. The SMILES string of the molecule is CCCc1coc(CCN)n1. The second kappa shape index (κ2) is 4.13. The Hall–Kier alpha value is -0.830. The van der Waals surface area contributed by atoms with Gasteiger partial charge in [-0.2, -0.15) is 0 Å². The third kappa shape index (κ3) is 2.35. The molecule has 1 rings (SSSR count). The van der Waals surface area contributed by atoms with Crippen molar-refractivity contribution in [2.24, 2.45) is 5.73 Å². The molecule has 0 aromatic carbocycles. The van der Waals surface area contributed by atoms with Crippen LogP contribution in [0.5, 0.6) is 0 Å². The van der Waals surface area contributed by atoms with Crippen molar-refractivity contribution in [2.75, 3.05) is 6.54 Å². The van der Waals surface area contributed by atoms with Crippen LogP contribution in [-0.2, 0) is 12.8 Å². The Morgan fingerprint density at radius 2 is 2.36 bits per heavy atom. The van der Waals surface area contributed by atoms with E-state index in [1.807, 2.05) is 0 Å². The largest absolute Gasteiger partial charge is 0.449 e. The molecule has 0 atom stereocenters. The third-order valence-electron chi connectivity index (χ3n) is 1.46. The van der Waals surface area contributed by atoms with Gasteiger partial charge in [0.05, 0.1) is 5.69 Å². The predicted molar refractivity (Wildman–Crippen MR) is 43.3 cm³/mol. The summed E-state index contributed by atoms with van der Waals surface area (Å²) >= 11 is 0. The zero-order valence-corrected chi connectivity index (χ0v) is 6.84. The first kappa shape index (κ1) is 8.27. The summed E-state index contributed by atoms with van der Waals surface area (Å²) in [6, 6.07) is 0. The number of aromatic nitrogens is 1. The molecule has 1 heterocycles. The molecule has 0 bridgehead atoms. The molecule has 1 aromatic heterocycles. The minimum atomic E-state index is 0.603. The number of aryl methyl sites for hydroxylation is 1. The van der Waals surface area contributed by atoms with Gasteiger partial charge in [-0.05, 0) is 6.42 Å². The van der Waals surface area contributed by atoms with E-state index < -0.39 is 0 Å². The third-order valence-corrected chi connectivity index (χ3v) is 1.46. The van der Waals surface area contributed by atoms with Crippen molar-refractivity contribution < 1.29 is 4.42 Å². The molecule has 0 amide bonds. The van der Waals surface area contributed by atoms with Gasteiger partial charge in [0.1, 0.15) is 6.26 Å². The number of nitrogens with zero attached hydrogens (tertiary/aromatic N) is 1. The molecule has 1 aromatic rings. The highest BCUT2D eigenvalue weighted by atomic mass is 16.3. The average Bonchev–Trinajstić information content (AvgIpc) is 2.38. The molecule has 62 valence electrons. The fourth-order valence-corrected chi connectivity index (χ4v) is 0.958. The molecular formula is C8H14N2O. The number of oxazole rings is 1. The minimum Gasteiger partial charge on any atom is -0.449 e. The van der Waals surface area contributed by atoms with Crippen molar-refractivity contribution in [3.05, 3.63) is 17.8 Å². The van der Waals surface area contributed by atoms with Crippen molar-refractivity contribution in [2.45, 2.75) is 26.2 Å². The average molecular weight is 154 g/mol. The van der Waals surface area contributed by atoms with Crippen LogP contribution in [-0.4, -0.2) is 11.5 Å². The molecule has 0 aliphatic rings. The lowest BCUT2D eigenvalue weighted by atomic mass is 10.3. The first-order chi connectivity index (χ1) is 5.36. The first-order valence-electron chi connectivity index (χ1n) is 4.00. The summed E-state index contributed by atoms with van der Waals surface area (Å²) in [5, 5.41) is 0. The van der Waals surface area contributed by atoms with Gasteiger partial charge in [0.2, 0.25) is 0 Å². The Bertz CT molecular complexity index is 187. The fourth-order valence-electron chi connectivity index (χ4n) is 0.958. The molecule has 0 saturated carbocycles. The van der Waals surface area contributed by atoms with Crippen LogP contribution in [0.4, 0.5) is 0 Å². The standard InChI is InChI=1S/C8H14N2O/c1-2-3-7-6-11-8(10-7)4-5-9/h6H,2-5,9H2,1H3.